The Labute approximate surface area is 212 Å². The van der Waals surface area contributed by atoms with Crippen LogP contribution in [0.25, 0.3) is 11.4 Å². The molecular weight excluding hydrogens is 432 g/mol. The Morgan fingerprint density at radius 1 is 0.886 bits per heavy atom. The lowest BCUT2D eigenvalue weighted by Gasteiger charge is -2.28. The van der Waals surface area contributed by atoms with E-state index in [9.17, 15) is 4.79 Å². The number of unbranched alkanes of at least 4 members (excludes halogenated alkanes) is 7. The predicted octanol–water partition coefficient (Wildman–Crippen LogP) is 8.36. The number of carbonyl (C=O) groups excluding carboxylic acids is 1. The van der Waals surface area contributed by atoms with Crippen LogP contribution in [0.1, 0.15) is 114 Å². The molecule has 1 aliphatic carbocycles. The second-order valence-electron chi connectivity index (χ2n) is 10.0. The van der Waals surface area contributed by atoms with Gasteiger partial charge in [0.05, 0.1) is 0 Å². The van der Waals surface area contributed by atoms with E-state index in [1.54, 1.807) is 6.08 Å². The molecule has 0 bridgehead atoms. The first-order valence-corrected chi connectivity index (χ1v) is 14.0. The quantitative estimate of drug-likeness (QED) is 0.156. The highest BCUT2D eigenvalue weighted by molar-refractivity contribution is 5.82. The number of carbonyl (C=O) groups is 1. The van der Waals surface area contributed by atoms with E-state index in [4.69, 9.17) is 4.74 Å². The zero-order valence-electron chi connectivity index (χ0n) is 21.9. The van der Waals surface area contributed by atoms with Crippen molar-refractivity contribution in [3.8, 4) is 11.4 Å². The van der Waals surface area contributed by atoms with Gasteiger partial charge in [0.25, 0.3) is 0 Å². The van der Waals surface area contributed by atoms with E-state index < -0.39 is 0 Å². The molecule has 1 saturated carbocycles. The van der Waals surface area contributed by atoms with Crippen LogP contribution in [0.3, 0.4) is 0 Å². The van der Waals surface area contributed by atoms with Crippen LogP contribution < -0.4 is 0 Å². The van der Waals surface area contributed by atoms with Gasteiger partial charge in [0.1, 0.15) is 6.10 Å². The van der Waals surface area contributed by atoms with Gasteiger partial charge in [0, 0.05) is 24.0 Å². The standard InChI is InChI=1S/C31H44N2O2/c1-3-5-7-8-9-10-12-14-30(34)35-29-21-19-27(20-22-29)26-15-17-28(18-16-26)31-32-23-25(24-33-31)13-11-6-4-2/h12,14-18,23-24,27,29H,3-11,13,19-22H2,1-2H3. The lowest BCUT2D eigenvalue weighted by Crippen LogP contribution is -2.23. The Bertz CT molecular complexity index is 881. The molecule has 190 valence electrons. The first-order chi connectivity index (χ1) is 17.2. The summed E-state index contributed by atoms with van der Waals surface area (Å²) in [6, 6.07) is 8.71. The third kappa shape index (κ3) is 9.58. The Balaban J connectivity index is 1.39. The van der Waals surface area contributed by atoms with Crippen LogP contribution in [0.2, 0.25) is 0 Å². The van der Waals surface area contributed by atoms with Crippen LogP contribution in [0, 0.1) is 0 Å². The summed E-state index contributed by atoms with van der Waals surface area (Å²) in [5.74, 6) is 1.14. The average molecular weight is 477 g/mol. The van der Waals surface area contributed by atoms with Crippen LogP contribution in [-0.2, 0) is 16.0 Å². The van der Waals surface area contributed by atoms with Gasteiger partial charge < -0.3 is 4.74 Å². The van der Waals surface area contributed by atoms with E-state index >= 15 is 0 Å². The first kappa shape index (κ1) is 27.1. The number of nitrogens with zero attached hydrogens (tertiary/aromatic N) is 2. The van der Waals surface area contributed by atoms with Gasteiger partial charge in [0.15, 0.2) is 5.82 Å². The number of aryl methyl sites for hydroxylation is 1. The number of rotatable bonds is 14. The highest BCUT2D eigenvalue weighted by atomic mass is 16.5. The maximum atomic E-state index is 12.1. The van der Waals surface area contributed by atoms with Gasteiger partial charge in [-0.3, -0.25) is 0 Å². The molecule has 0 spiro atoms. The predicted molar refractivity (Wildman–Crippen MR) is 144 cm³/mol. The minimum atomic E-state index is -0.178. The molecule has 4 heteroatoms. The van der Waals surface area contributed by atoms with Crippen molar-refractivity contribution < 1.29 is 9.53 Å². The van der Waals surface area contributed by atoms with Crippen molar-refractivity contribution in [2.24, 2.45) is 0 Å². The Hall–Kier alpha value is -2.49. The number of allylic oxidation sites excluding steroid dienone is 1. The molecule has 0 saturated heterocycles. The zero-order chi connectivity index (χ0) is 24.7. The van der Waals surface area contributed by atoms with Crippen molar-refractivity contribution in [2.45, 2.75) is 116 Å². The molecule has 1 heterocycles. The molecule has 0 aliphatic heterocycles. The van der Waals surface area contributed by atoms with Crippen LogP contribution in [0.15, 0.2) is 48.8 Å². The second-order valence-corrected chi connectivity index (χ2v) is 10.0. The molecule has 4 nitrogen and oxygen atoms in total. The van der Waals surface area contributed by atoms with E-state index in [0.717, 1.165) is 56.3 Å². The summed E-state index contributed by atoms with van der Waals surface area (Å²) in [5.41, 5.74) is 3.64. The normalized spacial score (nSPS) is 18.1. The minimum Gasteiger partial charge on any atom is -0.459 e. The fourth-order valence-electron chi connectivity index (χ4n) is 4.88. The molecular formula is C31H44N2O2. The van der Waals surface area contributed by atoms with Gasteiger partial charge in [-0.05, 0) is 68.4 Å². The van der Waals surface area contributed by atoms with Crippen molar-refractivity contribution in [2.75, 3.05) is 0 Å². The molecule has 1 aliphatic rings. The number of benzene rings is 1. The molecule has 1 fully saturated rings. The molecule has 0 unspecified atom stereocenters. The first-order valence-electron chi connectivity index (χ1n) is 14.0. The molecule has 35 heavy (non-hydrogen) atoms. The highest BCUT2D eigenvalue weighted by Gasteiger charge is 2.24. The summed E-state index contributed by atoms with van der Waals surface area (Å²) in [4.78, 5) is 21.3. The number of aromatic nitrogens is 2. The van der Waals surface area contributed by atoms with E-state index in [1.807, 2.05) is 18.5 Å². The van der Waals surface area contributed by atoms with Crippen LogP contribution in [0.4, 0.5) is 0 Å². The Morgan fingerprint density at radius 2 is 1.54 bits per heavy atom. The maximum Gasteiger partial charge on any atom is 0.330 e. The van der Waals surface area contributed by atoms with Gasteiger partial charge in [0.2, 0.25) is 0 Å². The summed E-state index contributed by atoms with van der Waals surface area (Å²) in [6.45, 7) is 4.45. The summed E-state index contributed by atoms with van der Waals surface area (Å²) in [6.07, 6.45) is 23.6. The number of hydrogen-bond acceptors (Lipinski definition) is 4. The van der Waals surface area contributed by atoms with E-state index in [-0.39, 0.29) is 12.1 Å². The molecule has 3 rings (SSSR count). The van der Waals surface area contributed by atoms with Crippen LogP contribution >= 0.6 is 0 Å². The van der Waals surface area contributed by atoms with Crippen molar-refractivity contribution in [3.63, 3.8) is 0 Å². The third-order valence-electron chi connectivity index (χ3n) is 7.10. The molecule has 0 radical (unpaired) electrons. The number of esters is 1. The molecule has 2 aromatic rings. The van der Waals surface area contributed by atoms with Crippen molar-refractivity contribution >= 4 is 5.97 Å². The summed E-state index contributed by atoms with van der Waals surface area (Å²) in [5, 5.41) is 0. The summed E-state index contributed by atoms with van der Waals surface area (Å²) in [7, 11) is 0. The van der Waals surface area contributed by atoms with Gasteiger partial charge in [-0.15, -0.1) is 0 Å². The van der Waals surface area contributed by atoms with Crippen LogP contribution in [0.5, 0.6) is 0 Å². The monoisotopic (exact) mass is 476 g/mol. The average Bonchev–Trinajstić information content (AvgIpc) is 2.89. The van der Waals surface area contributed by atoms with E-state index in [0.29, 0.717) is 5.92 Å². The minimum absolute atomic E-state index is 0.0523. The Morgan fingerprint density at radius 3 is 2.23 bits per heavy atom. The lowest BCUT2D eigenvalue weighted by molar-refractivity contribution is -0.144. The molecule has 0 N–H and O–H groups in total. The second kappa shape index (κ2) is 15.5. The van der Waals surface area contributed by atoms with Crippen LogP contribution in [-0.4, -0.2) is 22.0 Å². The molecule has 1 aromatic heterocycles. The van der Waals surface area contributed by atoms with Gasteiger partial charge in [-0.2, -0.15) is 0 Å². The van der Waals surface area contributed by atoms with Gasteiger partial charge in [-0.1, -0.05) is 82.7 Å². The SMILES string of the molecule is CCCCCCCC=CC(=O)OC1CCC(c2ccc(-c3ncc(CCCCC)cn3)cc2)CC1. The molecule has 0 atom stereocenters. The van der Waals surface area contributed by atoms with Crippen molar-refractivity contribution in [1.29, 1.82) is 0 Å². The van der Waals surface area contributed by atoms with Gasteiger partial charge in [-0.25, -0.2) is 14.8 Å². The molecule has 0 amide bonds. The third-order valence-corrected chi connectivity index (χ3v) is 7.10. The van der Waals surface area contributed by atoms with Crippen molar-refractivity contribution in [1.82, 2.24) is 9.97 Å². The van der Waals surface area contributed by atoms with Crippen molar-refractivity contribution in [3.05, 3.63) is 59.9 Å². The smallest absolute Gasteiger partial charge is 0.330 e. The fraction of sp³-hybridized carbons (Fsp3) is 0.581. The highest BCUT2D eigenvalue weighted by Crippen LogP contribution is 2.34. The molecule has 1 aromatic carbocycles. The lowest BCUT2D eigenvalue weighted by atomic mass is 9.82. The van der Waals surface area contributed by atoms with E-state index in [2.05, 4.69) is 48.1 Å². The maximum absolute atomic E-state index is 12.1. The van der Waals surface area contributed by atoms with Gasteiger partial charge >= 0.3 is 5.97 Å². The summed E-state index contributed by atoms with van der Waals surface area (Å²) >= 11 is 0. The zero-order valence-corrected chi connectivity index (χ0v) is 21.9. The Kier molecular flexibility index (Phi) is 12.0. The number of hydrogen-bond donors (Lipinski definition) is 0. The number of ether oxygens (including phenoxy) is 1. The summed E-state index contributed by atoms with van der Waals surface area (Å²) < 4.78 is 5.70. The van der Waals surface area contributed by atoms with E-state index in [1.165, 1.54) is 56.1 Å². The fourth-order valence-corrected chi connectivity index (χ4v) is 4.88. The topological polar surface area (TPSA) is 52.1 Å². The largest absolute Gasteiger partial charge is 0.459 e.